The molecule has 0 spiro atoms. The van der Waals surface area contributed by atoms with Gasteiger partial charge in [0.1, 0.15) is 0 Å². The molecule has 0 fully saturated rings. The van der Waals surface area contributed by atoms with Crippen LogP contribution in [0.2, 0.25) is 0 Å². The van der Waals surface area contributed by atoms with Crippen LogP contribution in [-0.2, 0) is 13.0 Å². The van der Waals surface area contributed by atoms with Gasteiger partial charge in [0.25, 0.3) is 5.56 Å². The van der Waals surface area contributed by atoms with Crippen LogP contribution in [0.5, 0.6) is 0 Å². The van der Waals surface area contributed by atoms with Crippen LogP contribution >= 0.6 is 0 Å². The maximum Gasteiger partial charge on any atom is 0.328 e. The molecule has 0 aliphatic heterocycles. The van der Waals surface area contributed by atoms with Crippen molar-refractivity contribution in [1.82, 2.24) is 9.55 Å². The van der Waals surface area contributed by atoms with Gasteiger partial charge in [-0.2, -0.15) is 5.26 Å². The minimum atomic E-state index is -0.440. The molecule has 1 heterocycles. The molecule has 0 amide bonds. The molecule has 0 unspecified atom stereocenters. The largest absolute Gasteiger partial charge is 0.328 e. The molecule has 2 aromatic rings. The number of aryl methyl sites for hydroxylation is 1. The average Bonchev–Trinajstić information content (AvgIpc) is 2.42. The zero-order valence-electron chi connectivity index (χ0n) is 10.5. The van der Waals surface area contributed by atoms with Gasteiger partial charge < -0.3 is 0 Å². The van der Waals surface area contributed by atoms with Crippen molar-refractivity contribution < 1.29 is 0 Å². The second-order valence-electron chi connectivity index (χ2n) is 4.21. The molecule has 2 rings (SSSR count). The number of nitriles is 1. The summed E-state index contributed by atoms with van der Waals surface area (Å²) in [7, 11) is 0. The molecule has 1 N–H and O–H groups in total. The van der Waals surface area contributed by atoms with E-state index in [1.165, 1.54) is 4.57 Å². The predicted molar refractivity (Wildman–Crippen MR) is 71.0 cm³/mol. The fourth-order valence-corrected chi connectivity index (χ4v) is 1.86. The SMILES string of the molecule is CCc1cn(Cc2cccc(C#N)c2)c(=O)[nH]c1=O. The summed E-state index contributed by atoms with van der Waals surface area (Å²) < 4.78 is 1.44. The van der Waals surface area contributed by atoms with Crippen LogP contribution in [0.15, 0.2) is 40.1 Å². The van der Waals surface area contributed by atoms with E-state index < -0.39 is 5.69 Å². The molecule has 1 aromatic heterocycles. The van der Waals surface area contributed by atoms with Crippen LogP contribution in [0.25, 0.3) is 0 Å². The summed E-state index contributed by atoms with van der Waals surface area (Å²) >= 11 is 0. The molecule has 0 atom stereocenters. The van der Waals surface area contributed by atoms with Crippen molar-refractivity contribution in [2.24, 2.45) is 0 Å². The number of nitrogens with zero attached hydrogens (tertiary/aromatic N) is 2. The van der Waals surface area contributed by atoms with Crippen molar-refractivity contribution in [2.75, 3.05) is 0 Å². The molecule has 0 aliphatic rings. The highest BCUT2D eigenvalue weighted by atomic mass is 16.2. The number of hydrogen-bond acceptors (Lipinski definition) is 3. The third-order valence-corrected chi connectivity index (χ3v) is 2.87. The van der Waals surface area contributed by atoms with E-state index in [1.807, 2.05) is 13.0 Å². The van der Waals surface area contributed by atoms with Gasteiger partial charge in [-0.25, -0.2) is 4.79 Å². The standard InChI is InChI=1S/C14H13N3O2/c1-2-12-9-17(14(19)16-13(12)18)8-11-5-3-4-10(6-11)7-15/h3-6,9H,2,8H2,1H3,(H,16,18,19). The maximum absolute atomic E-state index is 11.7. The Labute approximate surface area is 109 Å². The van der Waals surface area contributed by atoms with Crippen LogP contribution in [-0.4, -0.2) is 9.55 Å². The molecule has 5 heteroatoms. The number of rotatable bonds is 3. The summed E-state index contributed by atoms with van der Waals surface area (Å²) in [4.78, 5) is 25.5. The van der Waals surface area contributed by atoms with Gasteiger partial charge in [0.05, 0.1) is 18.2 Å². The number of benzene rings is 1. The van der Waals surface area contributed by atoms with E-state index in [0.29, 0.717) is 24.1 Å². The lowest BCUT2D eigenvalue weighted by molar-refractivity contribution is 0.707. The summed E-state index contributed by atoms with van der Waals surface area (Å²) in [5.74, 6) is 0. The van der Waals surface area contributed by atoms with E-state index in [9.17, 15) is 9.59 Å². The van der Waals surface area contributed by atoms with Crippen LogP contribution in [0, 0.1) is 11.3 Å². The monoisotopic (exact) mass is 255 g/mol. The highest BCUT2D eigenvalue weighted by molar-refractivity contribution is 5.32. The number of H-pyrrole nitrogens is 1. The Hall–Kier alpha value is -2.61. The molecule has 1 aromatic carbocycles. The topological polar surface area (TPSA) is 78.7 Å². The van der Waals surface area contributed by atoms with Gasteiger partial charge in [-0.05, 0) is 24.1 Å². The molecule has 96 valence electrons. The van der Waals surface area contributed by atoms with Crippen LogP contribution < -0.4 is 11.2 Å². The Balaban J connectivity index is 2.41. The normalized spacial score (nSPS) is 10.1. The lowest BCUT2D eigenvalue weighted by Gasteiger charge is -2.07. The van der Waals surface area contributed by atoms with Gasteiger partial charge in [-0.1, -0.05) is 19.1 Å². The molecule has 5 nitrogen and oxygen atoms in total. The van der Waals surface area contributed by atoms with Crippen LogP contribution in [0.4, 0.5) is 0 Å². The van der Waals surface area contributed by atoms with Crippen molar-refractivity contribution in [3.05, 3.63) is 68.0 Å². The van der Waals surface area contributed by atoms with E-state index in [4.69, 9.17) is 5.26 Å². The first-order chi connectivity index (χ1) is 9.13. The Morgan fingerprint density at radius 3 is 2.84 bits per heavy atom. The number of hydrogen-bond donors (Lipinski definition) is 1. The van der Waals surface area contributed by atoms with Crippen molar-refractivity contribution in [1.29, 1.82) is 5.26 Å². The second-order valence-corrected chi connectivity index (χ2v) is 4.21. The first-order valence-corrected chi connectivity index (χ1v) is 5.95. The zero-order valence-corrected chi connectivity index (χ0v) is 10.5. The van der Waals surface area contributed by atoms with Gasteiger partial charge in [-0.3, -0.25) is 14.3 Å². The molecular formula is C14H13N3O2. The van der Waals surface area contributed by atoms with Gasteiger partial charge in [-0.15, -0.1) is 0 Å². The Morgan fingerprint density at radius 1 is 1.37 bits per heavy atom. The summed E-state index contributed by atoms with van der Waals surface area (Å²) in [5, 5.41) is 8.84. The van der Waals surface area contributed by atoms with Gasteiger partial charge in [0, 0.05) is 11.8 Å². The second kappa shape index (κ2) is 5.36. The fourth-order valence-electron chi connectivity index (χ4n) is 1.86. The Bertz CT molecular complexity index is 750. The third kappa shape index (κ3) is 2.80. The number of aromatic nitrogens is 2. The first kappa shape index (κ1) is 12.8. The van der Waals surface area contributed by atoms with E-state index in [0.717, 1.165) is 5.56 Å². The summed E-state index contributed by atoms with van der Waals surface area (Å²) in [6, 6.07) is 9.09. The molecule has 0 saturated carbocycles. The van der Waals surface area contributed by atoms with Gasteiger partial charge >= 0.3 is 5.69 Å². The third-order valence-electron chi connectivity index (χ3n) is 2.87. The lowest BCUT2D eigenvalue weighted by Crippen LogP contribution is -2.31. The quantitative estimate of drug-likeness (QED) is 0.889. The van der Waals surface area contributed by atoms with E-state index in [-0.39, 0.29) is 5.56 Å². The van der Waals surface area contributed by atoms with E-state index in [1.54, 1.807) is 24.4 Å². The van der Waals surface area contributed by atoms with Crippen LogP contribution in [0.1, 0.15) is 23.6 Å². The minimum Gasteiger partial charge on any atom is -0.296 e. The van der Waals surface area contributed by atoms with Gasteiger partial charge in [0.15, 0.2) is 0 Å². The Morgan fingerprint density at radius 2 is 2.16 bits per heavy atom. The van der Waals surface area contributed by atoms with Crippen molar-refractivity contribution >= 4 is 0 Å². The predicted octanol–water partition coefficient (Wildman–Crippen LogP) is 1.02. The minimum absolute atomic E-state index is 0.331. The number of nitrogens with one attached hydrogen (secondary N) is 1. The smallest absolute Gasteiger partial charge is 0.296 e. The molecular weight excluding hydrogens is 242 g/mol. The average molecular weight is 255 g/mol. The molecule has 0 bridgehead atoms. The highest BCUT2D eigenvalue weighted by Gasteiger charge is 2.04. The van der Waals surface area contributed by atoms with E-state index >= 15 is 0 Å². The number of aromatic amines is 1. The summed E-state index contributed by atoms with van der Waals surface area (Å²) in [5.41, 5.74) is 1.18. The van der Waals surface area contributed by atoms with Crippen molar-refractivity contribution in [3.63, 3.8) is 0 Å². The first-order valence-electron chi connectivity index (χ1n) is 5.95. The van der Waals surface area contributed by atoms with Crippen molar-refractivity contribution in [3.8, 4) is 6.07 Å². The molecule has 19 heavy (non-hydrogen) atoms. The molecule has 0 aliphatic carbocycles. The fraction of sp³-hybridized carbons (Fsp3) is 0.214. The van der Waals surface area contributed by atoms with Gasteiger partial charge in [0.2, 0.25) is 0 Å². The van der Waals surface area contributed by atoms with Crippen LogP contribution in [0.3, 0.4) is 0 Å². The Kier molecular flexibility index (Phi) is 3.62. The lowest BCUT2D eigenvalue weighted by atomic mass is 10.1. The molecule has 0 radical (unpaired) electrons. The highest BCUT2D eigenvalue weighted by Crippen LogP contribution is 2.05. The maximum atomic E-state index is 11.7. The van der Waals surface area contributed by atoms with E-state index in [2.05, 4.69) is 11.1 Å². The summed E-state index contributed by atoms with van der Waals surface area (Å²) in [6.07, 6.45) is 2.13. The van der Waals surface area contributed by atoms with Crippen molar-refractivity contribution in [2.45, 2.75) is 19.9 Å². The molecule has 0 saturated heterocycles. The summed E-state index contributed by atoms with van der Waals surface area (Å²) in [6.45, 7) is 2.19. The zero-order chi connectivity index (χ0) is 13.8.